The number of esters is 1. The predicted molar refractivity (Wildman–Crippen MR) is 118 cm³/mol. The molecule has 8 heteroatoms. The topological polar surface area (TPSA) is 96.5 Å². The summed E-state index contributed by atoms with van der Waals surface area (Å²) >= 11 is 0. The van der Waals surface area contributed by atoms with Crippen molar-refractivity contribution in [2.24, 2.45) is 0 Å². The van der Waals surface area contributed by atoms with Gasteiger partial charge in [-0.25, -0.2) is 9.48 Å². The number of para-hydroxylation sites is 1. The monoisotopic (exact) mass is 429 g/mol. The summed E-state index contributed by atoms with van der Waals surface area (Å²) < 4.78 is 12.3. The minimum Gasteiger partial charge on any atom is -0.497 e. The summed E-state index contributed by atoms with van der Waals surface area (Å²) in [6.45, 7) is -0.0981. The molecule has 0 spiro atoms. The standard InChI is InChI=1S/C24H19N3O5/c1-31-21-12-10-18(11-13-21)23-22(15-26(25-23)19-7-3-2-4-8-19)24(28)32-16-17-6-5-9-20(14-17)27(29)30/h2-15H,16H2,1H3. The molecule has 0 saturated carbocycles. The van der Waals surface area contributed by atoms with Gasteiger partial charge >= 0.3 is 5.97 Å². The minimum atomic E-state index is -0.579. The average molecular weight is 429 g/mol. The second kappa shape index (κ2) is 9.13. The van der Waals surface area contributed by atoms with Crippen LogP contribution in [0.15, 0.2) is 85.1 Å². The third-order valence-corrected chi connectivity index (χ3v) is 4.81. The minimum absolute atomic E-state index is 0.0608. The predicted octanol–water partition coefficient (Wildman–Crippen LogP) is 4.81. The van der Waals surface area contributed by atoms with Crippen LogP contribution in [0.2, 0.25) is 0 Å². The lowest BCUT2D eigenvalue weighted by Gasteiger charge is -2.06. The van der Waals surface area contributed by atoms with E-state index in [9.17, 15) is 14.9 Å². The van der Waals surface area contributed by atoms with Crippen LogP contribution < -0.4 is 4.74 Å². The van der Waals surface area contributed by atoms with Gasteiger partial charge in [0.2, 0.25) is 0 Å². The molecule has 1 heterocycles. The number of rotatable bonds is 7. The first kappa shape index (κ1) is 20.8. The van der Waals surface area contributed by atoms with E-state index in [2.05, 4.69) is 5.10 Å². The number of methoxy groups -OCH3 is 1. The number of ether oxygens (including phenoxy) is 2. The molecular weight excluding hydrogens is 410 g/mol. The smallest absolute Gasteiger partial charge is 0.342 e. The third kappa shape index (κ3) is 4.49. The van der Waals surface area contributed by atoms with Gasteiger partial charge in [0.25, 0.3) is 5.69 Å². The maximum atomic E-state index is 13.0. The van der Waals surface area contributed by atoms with E-state index in [1.54, 1.807) is 42.3 Å². The van der Waals surface area contributed by atoms with Crippen LogP contribution in [0.25, 0.3) is 16.9 Å². The van der Waals surface area contributed by atoms with Crippen molar-refractivity contribution in [1.29, 1.82) is 0 Å². The van der Waals surface area contributed by atoms with Crippen molar-refractivity contribution in [3.05, 3.63) is 106 Å². The molecule has 4 aromatic rings. The maximum absolute atomic E-state index is 13.0. The van der Waals surface area contributed by atoms with Crippen molar-refractivity contribution in [2.75, 3.05) is 7.11 Å². The molecule has 0 radical (unpaired) electrons. The fourth-order valence-corrected chi connectivity index (χ4v) is 3.18. The number of aromatic nitrogens is 2. The number of nitro benzene ring substituents is 1. The zero-order valence-corrected chi connectivity index (χ0v) is 17.2. The van der Waals surface area contributed by atoms with Gasteiger partial charge in [0.05, 0.1) is 17.7 Å². The SMILES string of the molecule is COc1ccc(-c2nn(-c3ccccc3)cc2C(=O)OCc2cccc([N+](=O)[O-])c2)cc1. The van der Waals surface area contributed by atoms with E-state index in [-0.39, 0.29) is 17.9 Å². The Morgan fingerprint density at radius 1 is 1.03 bits per heavy atom. The van der Waals surface area contributed by atoms with Gasteiger partial charge in [0.1, 0.15) is 23.6 Å². The number of carbonyl (C=O) groups excluding carboxylic acids is 1. The Bertz CT molecular complexity index is 1250. The van der Waals surface area contributed by atoms with Gasteiger partial charge in [-0.1, -0.05) is 30.3 Å². The second-order valence-corrected chi connectivity index (χ2v) is 6.90. The van der Waals surface area contributed by atoms with E-state index in [0.29, 0.717) is 17.0 Å². The molecule has 0 unspecified atom stereocenters. The largest absolute Gasteiger partial charge is 0.497 e. The molecule has 0 aliphatic carbocycles. The molecule has 1 aromatic heterocycles. The van der Waals surface area contributed by atoms with Crippen LogP contribution in [0.5, 0.6) is 5.75 Å². The van der Waals surface area contributed by atoms with Crippen molar-refractivity contribution in [3.8, 4) is 22.7 Å². The normalized spacial score (nSPS) is 10.5. The van der Waals surface area contributed by atoms with Gasteiger partial charge in [-0.3, -0.25) is 10.1 Å². The third-order valence-electron chi connectivity index (χ3n) is 4.81. The molecule has 0 N–H and O–H groups in total. The number of carbonyl (C=O) groups is 1. The van der Waals surface area contributed by atoms with Gasteiger partial charge in [0.15, 0.2) is 0 Å². The number of benzene rings is 3. The van der Waals surface area contributed by atoms with E-state index in [0.717, 1.165) is 11.3 Å². The van der Waals surface area contributed by atoms with Crippen LogP contribution in [-0.4, -0.2) is 27.8 Å². The fourth-order valence-electron chi connectivity index (χ4n) is 3.18. The van der Waals surface area contributed by atoms with Crippen LogP contribution in [0.3, 0.4) is 0 Å². The van der Waals surface area contributed by atoms with E-state index < -0.39 is 10.9 Å². The average Bonchev–Trinajstić information content (AvgIpc) is 3.29. The highest BCUT2D eigenvalue weighted by atomic mass is 16.6. The highest BCUT2D eigenvalue weighted by Gasteiger charge is 2.20. The highest BCUT2D eigenvalue weighted by Crippen LogP contribution is 2.27. The Morgan fingerprint density at radius 2 is 1.78 bits per heavy atom. The maximum Gasteiger partial charge on any atom is 0.342 e. The summed E-state index contributed by atoms with van der Waals surface area (Å²) in [5.74, 6) is 0.107. The molecule has 0 atom stereocenters. The van der Waals surface area contributed by atoms with Gasteiger partial charge in [0, 0.05) is 23.9 Å². The van der Waals surface area contributed by atoms with E-state index in [4.69, 9.17) is 9.47 Å². The molecule has 32 heavy (non-hydrogen) atoms. The van der Waals surface area contributed by atoms with Crippen molar-refractivity contribution < 1.29 is 19.2 Å². The van der Waals surface area contributed by atoms with Crippen molar-refractivity contribution in [3.63, 3.8) is 0 Å². The molecule has 0 bridgehead atoms. The number of hydrogen-bond acceptors (Lipinski definition) is 6. The molecule has 160 valence electrons. The summed E-state index contributed by atoms with van der Waals surface area (Å²) in [5.41, 5.74) is 2.72. The first-order valence-corrected chi connectivity index (χ1v) is 9.75. The molecule has 0 aliphatic rings. The quantitative estimate of drug-likeness (QED) is 0.238. The van der Waals surface area contributed by atoms with Crippen LogP contribution in [-0.2, 0) is 11.3 Å². The second-order valence-electron chi connectivity index (χ2n) is 6.90. The van der Waals surface area contributed by atoms with Gasteiger partial charge in [-0.05, 0) is 42.0 Å². The summed E-state index contributed by atoms with van der Waals surface area (Å²) in [5, 5.41) is 15.6. The van der Waals surface area contributed by atoms with Crippen LogP contribution in [0.4, 0.5) is 5.69 Å². The summed E-state index contributed by atoms with van der Waals surface area (Å²) in [6.07, 6.45) is 1.62. The van der Waals surface area contributed by atoms with E-state index >= 15 is 0 Å². The lowest BCUT2D eigenvalue weighted by atomic mass is 10.1. The van der Waals surface area contributed by atoms with Crippen molar-refractivity contribution in [1.82, 2.24) is 9.78 Å². The molecule has 0 aliphatic heterocycles. The zero-order valence-electron chi connectivity index (χ0n) is 17.2. The first-order chi connectivity index (χ1) is 15.5. The van der Waals surface area contributed by atoms with Crippen LogP contribution >= 0.6 is 0 Å². The van der Waals surface area contributed by atoms with Gasteiger partial charge in [-0.15, -0.1) is 0 Å². The Morgan fingerprint density at radius 3 is 2.47 bits per heavy atom. The lowest BCUT2D eigenvalue weighted by Crippen LogP contribution is -2.06. The molecule has 8 nitrogen and oxygen atoms in total. The van der Waals surface area contributed by atoms with E-state index in [1.807, 2.05) is 42.5 Å². The molecule has 0 amide bonds. The van der Waals surface area contributed by atoms with Crippen LogP contribution in [0, 0.1) is 10.1 Å². The van der Waals surface area contributed by atoms with Crippen molar-refractivity contribution in [2.45, 2.75) is 6.61 Å². The number of nitrogens with zero attached hydrogens (tertiary/aromatic N) is 3. The number of hydrogen-bond donors (Lipinski definition) is 0. The Balaban J connectivity index is 1.65. The van der Waals surface area contributed by atoms with Crippen LogP contribution in [0.1, 0.15) is 15.9 Å². The summed E-state index contributed by atoms with van der Waals surface area (Å²) in [6, 6.07) is 22.6. The Labute approximate surface area is 183 Å². The zero-order chi connectivity index (χ0) is 22.5. The van der Waals surface area contributed by atoms with Crippen molar-refractivity contribution >= 4 is 11.7 Å². The van der Waals surface area contributed by atoms with Gasteiger partial charge < -0.3 is 9.47 Å². The number of nitro groups is 1. The molecule has 0 saturated heterocycles. The molecule has 4 rings (SSSR count). The molecule has 0 fully saturated rings. The lowest BCUT2D eigenvalue weighted by molar-refractivity contribution is -0.384. The summed E-state index contributed by atoms with van der Waals surface area (Å²) in [7, 11) is 1.58. The molecular formula is C24H19N3O5. The number of non-ortho nitro benzene ring substituents is 1. The Kier molecular flexibility index (Phi) is 5.94. The first-order valence-electron chi connectivity index (χ1n) is 9.75. The molecule has 3 aromatic carbocycles. The van der Waals surface area contributed by atoms with E-state index in [1.165, 1.54) is 12.1 Å². The summed E-state index contributed by atoms with van der Waals surface area (Å²) in [4.78, 5) is 23.5. The fraction of sp³-hybridized carbons (Fsp3) is 0.0833. The Hall–Kier alpha value is -4.46. The highest BCUT2D eigenvalue weighted by molar-refractivity contribution is 5.96. The van der Waals surface area contributed by atoms with Gasteiger partial charge in [-0.2, -0.15) is 5.10 Å².